The van der Waals surface area contributed by atoms with Crippen molar-refractivity contribution in [1.82, 2.24) is 5.32 Å². The van der Waals surface area contributed by atoms with Crippen LogP contribution in [0.25, 0.3) is 0 Å². The fourth-order valence-corrected chi connectivity index (χ4v) is 2.56. The van der Waals surface area contributed by atoms with Crippen molar-refractivity contribution in [3.63, 3.8) is 0 Å². The van der Waals surface area contributed by atoms with Crippen molar-refractivity contribution in [3.8, 4) is 5.75 Å². The summed E-state index contributed by atoms with van der Waals surface area (Å²) in [6.45, 7) is 0.514. The molecule has 1 saturated heterocycles. The molecule has 1 amide bonds. The third-order valence-corrected chi connectivity index (χ3v) is 3.93. The molecule has 9 heteroatoms. The minimum absolute atomic E-state index is 0.0232. The fraction of sp³-hybridized carbons (Fsp3) is 0.500. The SMILES string of the molecule is O=C(CCc1ccc(OC(F)(F)F)cc1)NC1(C(=O)O)CCOCC1. The van der Waals surface area contributed by atoms with E-state index in [1.165, 1.54) is 12.1 Å². The van der Waals surface area contributed by atoms with E-state index in [1.54, 1.807) is 0 Å². The van der Waals surface area contributed by atoms with Gasteiger partial charge < -0.3 is 19.9 Å². The molecule has 2 rings (SSSR count). The van der Waals surface area contributed by atoms with Crippen molar-refractivity contribution in [2.75, 3.05) is 13.2 Å². The normalized spacial score (nSPS) is 16.9. The molecule has 25 heavy (non-hydrogen) atoms. The Balaban J connectivity index is 1.88. The molecule has 1 aromatic carbocycles. The zero-order valence-electron chi connectivity index (χ0n) is 13.3. The topological polar surface area (TPSA) is 84.9 Å². The molecule has 0 spiro atoms. The Hall–Kier alpha value is -2.29. The number of carboxylic acid groups (broad SMARTS) is 1. The lowest BCUT2D eigenvalue weighted by Crippen LogP contribution is -2.57. The van der Waals surface area contributed by atoms with Crippen LogP contribution >= 0.6 is 0 Å². The van der Waals surface area contributed by atoms with Crippen LogP contribution in [-0.2, 0) is 20.7 Å². The van der Waals surface area contributed by atoms with E-state index in [9.17, 15) is 27.9 Å². The number of amides is 1. The average Bonchev–Trinajstić information content (AvgIpc) is 2.53. The number of nitrogens with one attached hydrogen (secondary N) is 1. The largest absolute Gasteiger partial charge is 0.573 e. The van der Waals surface area contributed by atoms with E-state index in [1.807, 2.05) is 0 Å². The second-order valence-electron chi connectivity index (χ2n) is 5.74. The Labute approximate surface area is 141 Å². The maximum absolute atomic E-state index is 12.1. The minimum Gasteiger partial charge on any atom is -0.480 e. The molecule has 0 unspecified atom stereocenters. The molecule has 0 aromatic heterocycles. The average molecular weight is 361 g/mol. The summed E-state index contributed by atoms with van der Waals surface area (Å²) in [5.74, 6) is -1.87. The number of rotatable bonds is 6. The van der Waals surface area contributed by atoms with Gasteiger partial charge in [0.15, 0.2) is 0 Å². The number of carbonyl (C=O) groups excluding carboxylic acids is 1. The first-order valence-electron chi connectivity index (χ1n) is 7.67. The maximum Gasteiger partial charge on any atom is 0.573 e. The Morgan fingerprint density at radius 3 is 2.32 bits per heavy atom. The van der Waals surface area contributed by atoms with Gasteiger partial charge in [-0.15, -0.1) is 13.2 Å². The van der Waals surface area contributed by atoms with Gasteiger partial charge in [0.1, 0.15) is 11.3 Å². The van der Waals surface area contributed by atoms with Crippen molar-refractivity contribution >= 4 is 11.9 Å². The summed E-state index contributed by atoms with van der Waals surface area (Å²) in [7, 11) is 0. The Morgan fingerprint density at radius 1 is 1.20 bits per heavy atom. The monoisotopic (exact) mass is 361 g/mol. The highest BCUT2D eigenvalue weighted by molar-refractivity contribution is 5.87. The van der Waals surface area contributed by atoms with Crippen LogP contribution < -0.4 is 10.1 Å². The Morgan fingerprint density at radius 2 is 1.80 bits per heavy atom. The lowest BCUT2D eigenvalue weighted by molar-refractivity contribution is -0.274. The van der Waals surface area contributed by atoms with Gasteiger partial charge in [0, 0.05) is 32.5 Å². The number of ether oxygens (including phenoxy) is 2. The molecular weight excluding hydrogens is 343 g/mol. The number of carbonyl (C=O) groups is 2. The molecule has 0 aliphatic carbocycles. The van der Waals surface area contributed by atoms with Gasteiger partial charge in [0.25, 0.3) is 0 Å². The number of hydrogen-bond donors (Lipinski definition) is 2. The summed E-state index contributed by atoms with van der Waals surface area (Å²) in [6, 6.07) is 5.18. The van der Waals surface area contributed by atoms with Crippen LogP contribution in [0.5, 0.6) is 5.75 Å². The second-order valence-corrected chi connectivity index (χ2v) is 5.74. The summed E-state index contributed by atoms with van der Waals surface area (Å²) >= 11 is 0. The van der Waals surface area contributed by atoms with Crippen molar-refractivity contribution in [2.45, 2.75) is 37.6 Å². The standard InChI is InChI=1S/C16H18F3NO5/c17-16(18,19)25-12-4-1-11(2-5-12)3-6-13(21)20-15(14(22)23)7-9-24-10-8-15/h1-2,4-5H,3,6-10H2,(H,20,21)(H,22,23). The highest BCUT2D eigenvalue weighted by atomic mass is 19.4. The van der Waals surface area contributed by atoms with E-state index >= 15 is 0 Å². The maximum atomic E-state index is 12.1. The van der Waals surface area contributed by atoms with Gasteiger partial charge in [0.05, 0.1) is 0 Å². The number of alkyl halides is 3. The first kappa shape index (κ1) is 19.0. The smallest absolute Gasteiger partial charge is 0.480 e. The van der Waals surface area contributed by atoms with Gasteiger partial charge in [-0.3, -0.25) is 4.79 Å². The lowest BCUT2D eigenvalue weighted by atomic mass is 9.90. The van der Waals surface area contributed by atoms with Gasteiger partial charge in [-0.2, -0.15) is 0 Å². The molecule has 1 aromatic rings. The number of hydrogen-bond acceptors (Lipinski definition) is 4. The Kier molecular flexibility index (Phi) is 5.89. The third kappa shape index (κ3) is 5.63. The molecule has 1 aliphatic heterocycles. The molecule has 6 nitrogen and oxygen atoms in total. The van der Waals surface area contributed by atoms with Gasteiger partial charge >= 0.3 is 12.3 Å². The van der Waals surface area contributed by atoms with Crippen LogP contribution in [0.15, 0.2) is 24.3 Å². The lowest BCUT2D eigenvalue weighted by Gasteiger charge is -2.33. The van der Waals surface area contributed by atoms with E-state index < -0.39 is 23.8 Å². The van der Waals surface area contributed by atoms with Crippen LogP contribution in [0.1, 0.15) is 24.8 Å². The van der Waals surface area contributed by atoms with E-state index in [2.05, 4.69) is 10.1 Å². The third-order valence-electron chi connectivity index (χ3n) is 3.93. The van der Waals surface area contributed by atoms with E-state index in [-0.39, 0.29) is 44.6 Å². The predicted molar refractivity (Wildman–Crippen MR) is 80.0 cm³/mol. The summed E-state index contributed by atoms with van der Waals surface area (Å²) in [4.78, 5) is 23.5. The van der Waals surface area contributed by atoms with E-state index in [0.717, 1.165) is 12.1 Å². The second kappa shape index (κ2) is 7.73. The van der Waals surface area contributed by atoms with Gasteiger partial charge in [0.2, 0.25) is 5.91 Å². The van der Waals surface area contributed by atoms with E-state index in [4.69, 9.17) is 4.74 Å². The van der Waals surface area contributed by atoms with Crippen molar-refractivity contribution < 1.29 is 37.3 Å². The van der Waals surface area contributed by atoms with Crippen LogP contribution in [-0.4, -0.2) is 42.1 Å². The molecular formula is C16H18F3NO5. The van der Waals surface area contributed by atoms with E-state index in [0.29, 0.717) is 5.56 Å². The number of aryl methyl sites for hydroxylation is 1. The molecule has 0 radical (unpaired) electrons. The fourth-order valence-electron chi connectivity index (χ4n) is 2.56. The zero-order valence-corrected chi connectivity index (χ0v) is 13.3. The van der Waals surface area contributed by atoms with Gasteiger partial charge in [-0.1, -0.05) is 12.1 Å². The molecule has 0 bridgehead atoms. The van der Waals surface area contributed by atoms with Gasteiger partial charge in [-0.05, 0) is 24.1 Å². The molecule has 0 atom stereocenters. The van der Waals surface area contributed by atoms with Crippen molar-refractivity contribution in [3.05, 3.63) is 29.8 Å². The van der Waals surface area contributed by atoms with Crippen molar-refractivity contribution in [2.24, 2.45) is 0 Å². The molecule has 138 valence electrons. The van der Waals surface area contributed by atoms with Crippen LogP contribution in [0.4, 0.5) is 13.2 Å². The predicted octanol–water partition coefficient (Wildman–Crippen LogP) is 2.27. The highest BCUT2D eigenvalue weighted by Gasteiger charge is 2.41. The molecule has 1 aliphatic rings. The minimum atomic E-state index is -4.75. The number of aliphatic carboxylic acids is 1. The van der Waals surface area contributed by atoms with Crippen LogP contribution in [0.2, 0.25) is 0 Å². The molecule has 2 N–H and O–H groups in total. The zero-order chi connectivity index (χ0) is 18.5. The quantitative estimate of drug-likeness (QED) is 0.812. The highest BCUT2D eigenvalue weighted by Crippen LogP contribution is 2.24. The molecule has 1 fully saturated rings. The number of benzene rings is 1. The summed E-state index contributed by atoms with van der Waals surface area (Å²) < 4.78 is 45.2. The summed E-state index contributed by atoms with van der Waals surface area (Å²) in [5.41, 5.74) is -0.680. The number of halogens is 3. The Bertz CT molecular complexity index is 609. The van der Waals surface area contributed by atoms with Gasteiger partial charge in [-0.25, -0.2) is 4.79 Å². The molecule has 0 saturated carbocycles. The number of carboxylic acids is 1. The first-order chi connectivity index (χ1) is 11.7. The molecule has 1 heterocycles. The first-order valence-corrected chi connectivity index (χ1v) is 7.67. The van der Waals surface area contributed by atoms with Crippen LogP contribution in [0.3, 0.4) is 0 Å². The van der Waals surface area contributed by atoms with Crippen molar-refractivity contribution in [1.29, 1.82) is 0 Å². The summed E-state index contributed by atoms with van der Waals surface area (Å²) in [5, 5.41) is 11.9. The summed E-state index contributed by atoms with van der Waals surface area (Å²) in [6.07, 6.45) is -4.08. The van der Waals surface area contributed by atoms with Crippen LogP contribution in [0, 0.1) is 0 Å².